The molecule has 7 heteroatoms. The number of nitrogens with zero attached hydrogens (tertiary/aromatic N) is 3. The summed E-state index contributed by atoms with van der Waals surface area (Å²) in [7, 11) is 0. The molecule has 7 nitrogen and oxygen atoms in total. The Morgan fingerprint density at radius 2 is 1.73 bits per heavy atom. The van der Waals surface area contributed by atoms with Crippen LogP contribution in [0.5, 0.6) is 5.75 Å². The van der Waals surface area contributed by atoms with E-state index in [1.807, 2.05) is 66.2 Å². The molecule has 1 saturated heterocycles. The van der Waals surface area contributed by atoms with E-state index in [0.29, 0.717) is 37.4 Å². The molecule has 1 N–H and O–H groups in total. The van der Waals surface area contributed by atoms with E-state index in [9.17, 15) is 14.7 Å². The maximum absolute atomic E-state index is 13.3. The van der Waals surface area contributed by atoms with Crippen LogP contribution in [0.25, 0.3) is 5.76 Å². The number of ether oxygens (including phenoxy) is 1. The van der Waals surface area contributed by atoms with Gasteiger partial charge in [-0.25, -0.2) is 4.98 Å². The number of Topliss-reactive ketones (excluding diaryl/α,β-unsaturated/α-hetero) is 1. The normalized spacial score (nSPS) is 16.4. The van der Waals surface area contributed by atoms with Crippen LogP contribution in [0, 0.1) is 6.92 Å². The van der Waals surface area contributed by atoms with Crippen molar-refractivity contribution >= 4 is 17.4 Å². The minimum absolute atomic E-state index is 0.102. The van der Waals surface area contributed by atoms with Crippen LogP contribution in [0.3, 0.4) is 0 Å². The van der Waals surface area contributed by atoms with E-state index in [2.05, 4.69) is 11.9 Å². The fraction of sp³-hybridized carbons (Fsp3) is 0.242. The lowest BCUT2D eigenvalue weighted by atomic mass is 9.94. The monoisotopic (exact) mass is 535 g/mol. The Hall–Kier alpha value is -4.65. The van der Waals surface area contributed by atoms with Gasteiger partial charge in [0.15, 0.2) is 0 Å². The lowest BCUT2D eigenvalue weighted by Crippen LogP contribution is -2.31. The summed E-state index contributed by atoms with van der Waals surface area (Å²) in [5, 5.41) is 11.4. The van der Waals surface area contributed by atoms with Crippen molar-refractivity contribution in [3.63, 3.8) is 0 Å². The van der Waals surface area contributed by atoms with Crippen LogP contribution in [0.4, 0.5) is 0 Å². The fourth-order valence-corrected chi connectivity index (χ4v) is 5.03. The fourth-order valence-electron chi connectivity index (χ4n) is 5.03. The standard InChI is InChI=1S/C33H33N3O4/c1-3-24-9-11-25(12-10-24)30-29(32(38)33(39)36(30)19-6-18-35-20-17-34-22-35)31(37)26-13-15-28(16-14-26)40-21-27-8-5-4-7-23(27)2/h4-5,7-17,20,22,30,37H,3,6,18-19,21H2,1-2H3/b31-29+. The number of aryl methyl sites for hydroxylation is 3. The summed E-state index contributed by atoms with van der Waals surface area (Å²) in [5.41, 5.74) is 4.75. The number of benzene rings is 3. The van der Waals surface area contributed by atoms with Gasteiger partial charge in [-0.2, -0.15) is 0 Å². The van der Waals surface area contributed by atoms with Crippen LogP contribution in [0.1, 0.15) is 47.2 Å². The van der Waals surface area contributed by atoms with Gasteiger partial charge in [0.25, 0.3) is 11.7 Å². The molecule has 3 aromatic carbocycles. The molecular formula is C33H33N3O4. The molecule has 2 heterocycles. The maximum atomic E-state index is 13.3. The van der Waals surface area contributed by atoms with Crippen LogP contribution >= 0.6 is 0 Å². The molecule has 0 radical (unpaired) electrons. The minimum Gasteiger partial charge on any atom is -0.507 e. The van der Waals surface area contributed by atoms with Crippen LogP contribution in [0.15, 0.2) is 97.1 Å². The van der Waals surface area contributed by atoms with Gasteiger partial charge in [-0.3, -0.25) is 9.59 Å². The predicted octanol–water partition coefficient (Wildman–Crippen LogP) is 5.84. The van der Waals surface area contributed by atoms with E-state index < -0.39 is 17.7 Å². The average molecular weight is 536 g/mol. The second-order valence-corrected chi connectivity index (χ2v) is 9.98. The zero-order chi connectivity index (χ0) is 28.1. The van der Waals surface area contributed by atoms with Crippen LogP contribution in [-0.2, 0) is 29.2 Å². The molecule has 1 unspecified atom stereocenters. The Balaban J connectivity index is 1.42. The van der Waals surface area contributed by atoms with Crippen molar-refractivity contribution in [2.24, 2.45) is 0 Å². The lowest BCUT2D eigenvalue weighted by molar-refractivity contribution is -0.139. The minimum atomic E-state index is -0.676. The molecule has 1 fully saturated rings. The molecule has 204 valence electrons. The molecule has 0 saturated carbocycles. The Kier molecular flexibility index (Phi) is 8.10. The molecule has 0 bridgehead atoms. The number of ketones is 1. The van der Waals surface area contributed by atoms with Crippen molar-refractivity contribution in [3.8, 4) is 5.75 Å². The number of rotatable bonds is 10. The number of aliphatic hydroxyl groups is 1. The van der Waals surface area contributed by atoms with Gasteiger partial charge in [0.1, 0.15) is 18.1 Å². The van der Waals surface area contributed by atoms with E-state index in [-0.39, 0.29) is 11.3 Å². The van der Waals surface area contributed by atoms with E-state index in [1.165, 1.54) is 0 Å². The number of hydrogen-bond donors (Lipinski definition) is 1. The molecule has 0 spiro atoms. The third-order valence-corrected chi connectivity index (χ3v) is 7.40. The molecule has 1 aromatic heterocycles. The van der Waals surface area contributed by atoms with Crippen molar-refractivity contribution in [1.82, 2.24) is 14.5 Å². The van der Waals surface area contributed by atoms with Gasteiger partial charge in [0.05, 0.1) is 17.9 Å². The third kappa shape index (κ3) is 5.69. The first-order valence-corrected chi connectivity index (χ1v) is 13.6. The van der Waals surface area contributed by atoms with Gasteiger partial charge in [-0.15, -0.1) is 0 Å². The number of hydrogen-bond acceptors (Lipinski definition) is 5. The molecule has 1 aliphatic rings. The quantitative estimate of drug-likeness (QED) is 0.157. The largest absolute Gasteiger partial charge is 0.507 e. The van der Waals surface area contributed by atoms with Gasteiger partial charge in [-0.1, -0.05) is 55.5 Å². The number of imidazole rings is 1. The van der Waals surface area contributed by atoms with Gasteiger partial charge >= 0.3 is 0 Å². The summed E-state index contributed by atoms with van der Waals surface area (Å²) >= 11 is 0. The highest BCUT2D eigenvalue weighted by Crippen LogP contribution is 2.39. The van der Waals surface area contributed by atoms with Crippen molar-refractivity contribution in [3.05, 3.63) is 125 Å². The van der Waals surface area contributed by atoms with Crippen molar-refractivity contribution in [2.45, 2.75) is 45.9 Å². The zero-order valence-electron chi connectivity index (χ0n) is 22.8. The first-order chi connectivity index (χ1) is 19.5. The van der Waals surface area contributed by atoms with Crippen LogP contribution in [-0.4, -0.2) is 37.8 Å². The summed E-state index contributed by atoms with van der Waals surface area (Å²) in [4.78, 5) is 32.2. The number of aliphatic hydroxyl groups excluding tert-OH is 1. The summed E-state index contributed by atoms with van der Waals surface area (Å²) in [6.07, 6.45) is 6.82. The Bertz CT molecular complexity index is 1510. The number of carbonyl (C=O) groups excluding carboxylic acids is 2. The highest BCUT2D eigenvalue weighted by molar-refractivity contribution is 6.46. The second-order valence-electron chi connectivity index (χ2n) is 9.98. The molecule has 1 aliphatic heterocycles. The number of aromatic nitrogens is 2. The summed E-state index contributed by atoms with van der Waals surface area (Å²) in [5.74, 6) is -0.823. The third-order valence-electron chi connectivity index (χ3n) is 7.40. The predicted molar refractivity (Wildman–Crippen MR) is 154 cm³/mol. The zero-order valence-corrected chi connectivity index (χ0v) is 22.8. The van der Waals surface area contributed by atoms with E-state index in [4.69, 9.17) is 4.74 Å². The summed E-state index contributed by atoms with van der Waals surface area (Å²) in [6, 6.07) is 22.2. The number of carbonyl (C=O) groups is 2. The highest BCUT2D eigenvalue weighted by atomic mass is 16.5. The molecule has 5 rings (SSSR count). The lowest BCUT2D eigenvalue weighted by Gasteiger charge is -2.25. The van der Waals surface area contributed by atoms with Gasteiger partial charge in [0.2, 0.25) is 0 Å². The Morgan fingerprint density at radius 1 is 0.975 bits per heavy atom. The first kappa shape index (κ1) is 26.9. The SMILES string of the molecule is CCc1ccc(C2/C(=C(\O)c3ccc(OCc4ccccc4C)cc3)C(=O)C(=O)N2CCCn2ccnc2)cc1. The van der Waals surface area contributed by atoms with E-state index in [0.717, 1.165) is 28.7 Å². The Morgan fingerprint density at radius 3 is 2.40 bits per heavy atom. The molecule has 0 aliphatic carbocycles. The van der Waals surface area contributed by atoms with Gasteiger partial charge < -0.3 is 19.3 Å². The first-order valence-electron chi connectivity index (χ1n) is 13.6. The highest BCUT2D eigenvalue weighted by Gasteiger charge is 2.45. The summed E-state index contributed by atoms with van der Waals surface area (Å²) in [6.45, 7) is 5.57. The van der Waals surface area contributed by atoms with Crippen molar-refractivity contribution in [2.75, 3.05) is 6.54 Å². The number of likely N-dealkylation sites (tertiary alicyclic amines) is 1. The molecule has 1 amide bonds. The average Bonchev–Trinajstić information content (AvgIpc) is 3.59. The molecule has 40 heavy (non-hydrogen) atoms. The van der Waals surface area contributed by atoms with Crippen LogP contribution < -0.4 is 4.74 Å². The van der Waals surface area contributed by atoms with E-state index in [1.54, 1.807) is 41.7 Å². The van der Waals surface area contributed by atoms with E-state index >= 15 is 0 Å². The van der Waals surface area contributed by atoms with Crippen molar-refractivity contribution in [1.29, 1.82) is 0 Å². The second kappa shape index (κ2) is 12.0. The topological polar surface area (TPSA) is 84.7 Å². The number of amides is 1. The van der Waals surface area contributed by atoms with Crippen LogP contribution in [0.2, 0.25) is 0 Å². The van der Waals surface area contributed by atoms with Gasteiger partial charge in [0, 0.05) is 31.0 Å². The maximum Gasteiger partial charge on any atom is 0.295 e. The van der Waals surface area contributed by atoms with Crippen molar-refractivity contribution < 1.29 is 19.4 Å². The molecular weight excluding hydrogens is 502 g/mol. The molecule has 4 aromatic rings. The Labute approximate surface area is 234 Å². The smallest absolute Gasteiger partial charge is 0.295 e. The molecule has 1 atom stereocenters. The summed E-state index contributed by atoms with van der Waals surface area (Å²) < 4.78 is 7.88. The van der Waals surface area contributed by atoms with Gasteiger partial charge in [-0.05, 0) is 66.3 Å².